The molecule has 170 valence electrons. The number of fused-ring (bicyclic) bond motifs is 3. The van der Waals surface area contributed by atoms with Gasteiger partial charge in [0.1, 0.15) is 13.1 Å². The van der Waals surface area contributed by atoms with Crippen LogP contribution in [-0.4, -0.2) is 42.4 Å². The van der Waals surface area contributed by atoms with Crippen molar-refractivity contribution in [3.05, 3.63) is 120 Å². The van der Waals surface area contributed by atoms with Gasteiger partial charge in [0.25, 0.3) is 0 Å². The summed E-state index contributed by atoms with van der Waals surface area (Å²) in [6, 6.07) is 38.0. The van der Waals surface area contributed by atoms with Gasteiger partial charge < -0.3 is 4.48 Å². The Hall–Kier alpha value is -3.27. The Morgan fingerprint density at radius 2 is 0.941 bits per heavy atom. The molecule has 0 aromatic heterocycles. The van der Waals surface area contributed by atoms with Gasteiger partial charge in [-0.15, -0.1) is 4.71 Å². The van der Waals surface area contributed by atoms with Gasteiger partial charge >= 0.3 is 0 Å². The maximum Gasteiger partial charge on any atom is 0.207 e. The lowest BCUT2D eigenvalue weighted by Gasteiger charge is -2.57. The molecule has 3 aliphatic heterocycles. The fraction of sp³-hybridized carbons (Fsp3) is 0.226. The van der Waals surface area contributed by atoms with Gasteiger partial charge in [0.2, 0.25) is 6.04 Å². The Morgan fingerprint density at radius 3 is 1.44 bits per heavy atom. The van der Waals surface area contributed by atoms with Crippen LogP contribution in [0.2, 0.25) is 0 Å². The summed E-state index contributed by atoms with van der Waals surface area (Å²) < 4.78 is 17.4. The zero-order valence-corrected chi connectivity index (χ0v) is 19.6. The van der Waals surface area contributed by atoms with Crippen LogP contribution in [0.5, 0.6) is 0 Å². The number of hydrogen-bond acceptors (Lipinski definition) is 0. The number of piperazine rings is 3. The minimum atomic E-state index is -0.383. The Morgan fingerprint density at radius 1 is 0.529 bits per heavy atom. The Labute approximate surface area is 201 Å². The first kappa shape index (κ1) is 21.3. The molecule has 0 unspecified atom stereocenters. The van der Waals surface area contributed by atoms with Crippen LogP contribution in [0.15, 0.2) is 109 Å². The number of benzene rings is 4. The molecule has 4 aromatic rings. The van der Waals surface area contributed by atoms with E-state index in [1.807, 2.05) is 6.07 Å². The van der Waals surface area contributed by atoms with Crippen LogP contribution in [0.4, 0.5) is 4.48 Å². The van der Waals surface area contributed by atoms with Gasteiger partial charge in [0.15, 0.2) is 19.1 Å². The lowest BCUT2D eigenvalue weighted by atomic mass is 9.79. The predicted molar refractivity (Wildman–Crippen MR) is 136 cm³/mol. The highest BCUT2D eigenvalue weighted by Gasteiger charge is 2.64. The van der Waals surface area contributed by atoms with Crippen molar-refractivity contribution in [2.45, 2.75) is 12.1 Å². The van der Waals surface area contributed by atoms with Crippen LogP contribution in [-0.2, 0) is 0 Å². The van der Waals surface area contributed by atoms with Crippen molar-refractivity contribution >= 4 is 0 Å². The van der Waals surface area contributed by atoms with Gasteiger partial charge in [0, 0.05) is 11.1 Å². The highest BCUT2D eigenvalue weighted by molar-refractivity contribution is 5.70. The van der Waals surface area contributed by atoms with Gasteiger partial charge in [-0.05, 0) is 26.7 Å². The second-order valence-corrected chi connectivity index (χ2v) is 10.1. The first-order chi connectivity index (χ1) is 16.6. The SMILES string of the molecule is C[N+]12CC[N+](F)(CC1)[C@@H](c1ccccc1-c1ccccc1)[C@@H]2c1ccccc1-c1ccccc1. The average molecular weight is 451 g/mol. The van der Waals surface area contributed by atoms with Crippen molar-refractivity contribution < 1.29 is 13.7 Å². The van der Waals surface area contributed by atoms with Crippen molar-refractivity contribution in [2.24, 2.45) is 0 Å². The summed E-state index contributed by atoms with van der Waals surface area (Å²) in [4.78, 5) is 0. The lowest BCUT2D eigenvalue weighted by molar-refractivity contribution is -1.18. The van der Waals surface area contributed by atoms with E-state index in [-0.39, 0.29) is 16.8 Å². The van der Waals surface area contributed by atoms with E-state index in [9.17, 15) is 0 Å². The molecule has 4 aromatic carbocycles. The Kier molecular flexibility index (Phi) is 5.13. The highest BCUT2D eigenvalue weighted by atomic mass is 19.2. The summed E-state index contributed by atoms with van der Waals surface area (Å²) in [5, 5.41) is 0. The monoisotopic (exact) mass is 450 g/mol. The summed E-state index contributed by atoms with van der Waals surface area (Å²) in [5.74, 6) is 0. The van der Waals surface area contributed by atoms with E-state index in [0.29, 0.717) is 13.1 Å². The minimum absolute atomic E-state index is 0.0359. The summed E-state index contributed by atoms with van der Waals surface area (Å²) in [7, 11) is 2.34. The molecular weight excluding hydrogens is 419 g/mol. The molecule has 0 saturated carbocycles. The van der Waals surface area contributed by atoms with E-state index >= 15 is 4.48 Å². The van der Waals surface area contributed by atoms with Crippen LogP contribution < -0.4 is 0 Å². The van der Waals surface area contributed by atoms with Crippen molar-refractivity contribution in [3.8, 4) is 22.3 Å². The van der Waals surface area contributed by atoms with Gasteiger partial charge in [-0.2, -0.15) is 0 Å². The molecule has 3 heterocycles. The number of hydrogen-bond donors (Lipinski definition) is 0. The standard InChI is InChI=1S/C31H31FN2/c1-33-20-22-34(32,23-21-33)31(29-19-11-9-17-27(29)25-14-6-3-7-15-25)30(33)28-18-10-8-16-26(28)24-12-4-2-5-13-24/h2-19,30-31H,20-23H2,1H3/q+2/t30-,31-,33?,34?/m0/s1. The quantitative estimate of drug-likeness (QED) is 0.232. The van der Waals surface area contributed by atoms with Gasteiger partial charge in [-0.25, -0.2) is 0 Å². The molecule has 3 heteroatoms. The molecule has 2 bridgehead atoms. The van der Waals surface area contributed by atoms with Gasteiger partial charge in [-0.1, -0.05) is 109 Å². The van der Waals surface area contributed by atoms with E-state index in [2.05, 4.69) is 110 Å². The smallest absolute Gasteiger partial charge is 0.207 e. The molecule has 7 rings (SSSR count). The molecule has 34 heavy (non-hydrogen) atoms. The zero-order valence-electron chi connectivity index (χ0n) is 19.6. The van der Waals surface area contributed by atoms with E-state index in [1.54, 1.807) is 0 Å². The largest absolute Gasteiger partial charge is 0.305 e. The third-order valence-electron chi connectivity index (χ3n) is 8.16. The first-order valence-electron chi connectivity index (χ1n) is 12.3. The van der Waals surface area contributed by atoms with Crippen molar-refractivity contribution in [1.29, 1.82) is 0 Å². The maximum absolute atomic E-state index is 17.0. The molecule has 0 spiro atoms. The number of likely N-dealkylation sites (N-methyl/N-ethyl adjacent to an activating group) is 1. The van der Waals surface area contributed by atoms with Crippen molar-refractivity contribution in [3.63, 3.8) is 0 Å². The highest BCUT2D eigenvalue weighted by Crippen LogP contribution is 2.55. The van der Waals surface area contributed by atoms with E-state index < -0.39 is 0 Å². The van der Waals surface area contributed by atoms with Gasteiger partial charge in [-0.3, -0.25) is 0 Å². The van der Waals surface area contributed by atoms with E-state index in [4.69, 9.17) is 0 Å². The fourth-order valence-electron chi connectivity index (χ4n) is 6.36. The molecule has 0 N–H and O–H groups in total. The molecule has 3 saturated heterocycles. The summed E-state index contributed by atoms with van der Waals surface area (Å²) in [6.45, 7) is 2.84. The van der Waals surface area contributed by atoms with Crippen LogP contribution >= 0.6 is 0 Å². The summed E-state index contributed by atoms with van der Waals surface area (Å²) in [6.07, 6.45) is 0. The van der Waals surface area contributed by atoms with Crippen molar-refractivity contribution in [1.82, 2.24) is 0 Å². The Bertz CT molecular complexity index is 1190. The molecular formula is C31H31FN2+2. The predicted octanol–water partition coefficient (Wildman–Crippen LogP) is 6.98. The third-order valence-corrected chi connectivity index (χ3v) is 8.16. The fourth-order valence-corrected chi connectivity index (χ4v) is 6.36. The minimum Gasteiger partial charge on any atom is -0.305 e. The normalized spacial score (nSPS) is 28.1. The molecule has 2 atom stereocenters. The second kappa shape index (κ2) is 8.19. The molecule has 0 radical (unpaired) electrons. The van der Waals surface area contributed by atoms with E-state index in [0.717, 1.165) is 34.3 Å². The Balaban J connectivity index is 1.58. The molecule has 2 nitrogen and oxygen atoms in total. The topological polar surface area (TPSA) is 0 Å². The number of quaternary nitrogens is 2. The third kappa shape index (κ3) is 3.39. The van der Waals surface area contributed by atoms with Crippen LogP contribution in [0, 0.1) is 0 Å². The van der Waals surface area contributed by atoms with E-state index in [1.165, 1.54) is 16.7 Å². The zero-order chi connectivity index (χ0) is 23.2. The first-order valence-corrected chi connectivity index (χ1v) is 12.3. The lowest BCUT2D eigenvalue weighted by Crippen LogP contribution is -2.72. The number of nitrogens with zero attached hydrogens (tertiary/aromatic N) is 2. The van der Waals surface area contributed by atoms with Crippen LogP contribution in [0.25, 0.3) is 22.3 Å². The van der Waals surface area contributed by atoms with Crippen molar-refractivity contribution in [2.75, 3.05) is 33.2 Å². The summed E-state index contributed by atoms with van der Waals surface area (Å²) >= 11 is 0. The molecule has 0 amide bonds. The molecule has 3 fully saturated rings. The van der Waals surface area contributed by atoms with Crippen LogP contribution in [0.1, 0.15) is 23.2 Å². The van der Waals surface area contributed by atoms with Gasteiger partial charge in [0.05, 0.1) is 7.05 Å². The molecule has 0 aliphatic carbocycles. The number of halogens is 1. The second-order valence-electron chi connectivity index (χ2n) is 10.1. The maximum atomic E-state index is 17.0. The number of rotatable bonds is 4. The molecule has 3 aliphatic rings. The average Bonchev–Trinajstić information content (AvgIpc) is 2.90. The summed E-state index contributed by atoms with van der Waals surface area (Å²) in [5.41, 5.74) is 7.08. The van der Waals surface area contributed by atoms with Crippen LogP contribution in [0.3, 0.4) is 0 Å².